The molecule has 160 valence electrons. The summed E-state index contributed by atoms with van der Waals surface area (Å²) >= 11 is 0. The van der Waals surface area contributed by atoms with E-state index in [1.54, 1.807) is 11.0 Å². The van der Waals surface area contributed by atoms with Crippen molar-refractivity contribution in [1.29, 1.82) is 0 Å². The molecule has 0 aliphatic carbocycles. The van der Waals surface area contributed by atoms with Crippen LogP contribution in [-0.2, 0) is 4.79 Å². The Hall–Kier alpha value is -3.73. The first-order chi connectivity index (χ1) is 15.0. The Bertz CT molecular complexity index is 1270. The number of hydrogen-bond acceptors (Lipinski definition) is 9. The second-order valence-corrected chi connectivity index (χ2v) is 7.57. The Kier molecular flexibility index (Phi) is 4.66. The van der Waals surface area contributed by atoms with E-state index in [2.05, 4.69) is 15.0 Å². The molecular weight excluding hydrogens is 400 g/mol. The molecule has 1 saturated heterocycles. The summed E-state index contributed by atoms with van der Waals surface area (Å²) in [4.78, 5) is 26.7. The van der Waals surface area contributed by atoms with E-state index in [4.69, 9.17) is 26.1 Å². The van der Waals surface area contributed by atoms with Gasteiger partial charge in [0.25, 0.3) is 6.01 Å². The van der Waals surface area contributed by atoms with Crippen molar-refractivity contribution in [3.05, 3.63) is 24.5 Å². The van der Waals surface area contributed by atoms with Gasteiger partial charge in [-0.05, 0) is 31.0 Å². The molecule has 3 aromatic heterocycles. The predicted octanol–water partition coefficient (Wildman–Crippen LogP) is 1.34. The molecule has 0 saturated carbocycles. The fourth-order valence-corrected chi connectivity index (χ4v) is 4.16. The summed E-state index contributed by atoms with van der Waals surface area (Å²) in [6.45, 7) is 1.07. The topological polar surface area (TPSA) is 162 Å². The first-order valence-electron chi connectivity index (χ1n) is 10.1. The zero-order valence-electron chi connectivity index (χ0n) is 16.7. The molecule has 5 rings (SSSR count). The Morgan fingerprint density at radius 1 is 1.23 bits per heavy atom. The summed E-state index contributed by atoms with van der Waals surface area (Å²) < 4.78 is 7.25. The van der Waals surface area contributed by atoms with E-state index in [1.807, 2.05) is 16.8 Å². The first kappa shape index (κ1) is 19.2. The van der Waals surface area contributed by atoms with Gasteiger partial charge in [0.05, 0.1) is 18.0 Å². The van der Waals surface area contributed by atoms with E-state index in [0.29, 0.717) is 46.7 Å². The summed E-state index contributed by atoms with van der Waals surface area (Å²) in [7, 11) is 0. The number of anilines is 2. The number of aliphatic hydroxyl groups is 1. The molecule has 11 heteroatoms. The van der Waals surface area contributed by atoms with Crippen LogP contribution in [0.25, 0.3) is 33.4 Å². The molecule has 1 fully saturated rings. The number of likely N-dealkylation sites (tertiary alicyclic amines) is 1. The minimum atomic E-state index is -0.135. The number of fused-ring (bicyclic) bond motifs is 2. The van der Waals surface area contributed by atoms with Crippen molar-refractivity contribution in [2.45, 2.75) is 25.3 Å². The average molecular weight is 422 g/mol. The van der Waals surface area contributed by atoms with Gasteiger partial charge in [0.15, 0.2) is 11.2 Å². The van der Waals surface area contributed by atoms with Crippen LogP contribution in [0.15, 0.2) is 28.9 Å². The van der Waals surface area contributed by atoms with Crippen molar-refractivity contribution in [2.75, 3.05) is 31.2 Å². The largest absolute Gasteiger partial charge is 0.424 e. The minimum absolute atomic E-state index is 0.0290. The SMILES string of the molecule is Nc1nc2cc(-c3nn(C4CCN(C(=O)CCO)CC4)c4ncnc(N)c34)ccc2o1. The van der Waals surface area contributed by atoms with Crippen molar-refractivity contribution in [2.24, 2.45) is 0 Å². The third-order valence-corrected chi connectivity index (χ3v) is 5.68. The standard InChI is InChI=1S/C20H22N8O3/c21-18-16-17(11-1-2-14-13(9-11)25-20(22)31-14)26-28(19(16)24-10-23-18)12-3-6-27(7-4-12)15(30)5-8-29/h1-2,9-10,12,29H,3-8H2,(H2,22,25)(H2,21,23,24). The van der Waals surface area contributed by atoms with E-state index in [-0.39, 0.29) is 31.0 Å². The highest BCUT2D eigenvalue weighted by molar-refractivity contribution is 5.99. The maximum absolute atomic E-state index is 12.1. The highest BCUT2D eigenvalue weighted by atomic mass is 16.4. The van der Waals surface area contributed by atoms with Gasteiger partial charge >= 0.3 is 0 Å². The normalized spacial score (nSPS) is 15.2. The van der Waals surface area contributed by atoms with Crippen molar-refractivity contribution >= 4 is 39.9 Å². The van der Waals surface area contributed by atoms with Crippen LogP contribution in [0.4, 0.5) is 11.8 Å². The van der Waals surface area contributed by atoms with Crippen LogP contribution in [-0.4, -0.2) is 60.3 Å². The third-order valence-electron chi connectivity index (χ3n) is 5.68. The molecule has 1 aliphatic rings. The molecule has 1 amide bonds. The first-order valence-corrected chi connectivity index (χ1v) is 10.1. The molecule has 1 aliphatic heterocycles. The second kappa shape index (κ2) is 7.51. The Balaban J connectivity index is 1.53. The van der Waals surface area contributed by atoms with Crippen LogP contribution < -0.4 is 11.5 Å². The molecular formula is C20H22N8O3. The van der Waals surface area contributed by atoms with Gasteiger partial charge in [0.1, 0.15) is 23.4 Å². The number of carbonyl (C=O) groups is 1. The maximum Gasteiger partial charge on any atom is 0.292 e. The lowest BCUT2D eigenvalue weighted by atomic mass is 10.0. The number of benzene rings is 1. The number of nitrogens with two attached hydrogens (primary N) is 2. The number of amides is 1. The highest BCUT2D eigenvalue weighted by Crippen LogP contribution is 2.35. The van der Waals surface area contributed by atoms with Gasteiger partial charge in [0.2, 0.25) is 5.91 Å². The summed E-state index contributed by atoms with van der Waals surface area (Å²) in [5.41, 5.74) is 15.2. The Morgan fingerprint density at radius 2 is 2.03 bits per heavy atom. The number of oxazole rings is 1. The van der Waals surface area contributed by atoms with E-state index in [9.17, 15) is 4.79 Å². The predicted molar refractivity (Wildman–Crippen MR) is 114 cm³/mol. The van der Waals surface area contributed by atoms with Gasteiger partial charge in [0, 0.05) is 25.1 Å². The Labute approximate surface area is 176 Å². The fraction of sp³-hybridized carbons (Fsp3) is 0.350. The summed E-state index contributed by atoms with van der Waals surface area (Å²) in [5, 5.41) is 14.6. The molecule has 4 aromatic rings. The van der Waals surface area contributed by atoms with Crippen LogP contribution in [0.3, 0.4) is 0 Å². The van der Waals surface area contributed by atoms with Crippen molar-refractivity contribution in [3.8, 4) is 11.3 Å². The lowest BCUT2D eigenvalue weighted by Gasteiger charge is -2.32. The van der Waals surface area contributed by atoms with Gasteiger partial charge in [-0.25, -0.2) is 14.6 Å². The second-order valence-electron chi connectivity index (χ2n) is 7.57. The molecule has 0 spiro atoms. The third kappa shape index (κ3) is 3.32. The van der Waals surface area contributed by atoms with Crippen LogP contribution >= 0.6 is 0 Å². The van der Waals surface area contributed by atoms with Crippen LogP contribution in [0.5, 0.6) is 0 Å². The van der Waals surface area contributed by atoms with E-state index < -0.39 is 0 Å². The Morgan fingerprint density at radius 3 is 2.81 bits per heavy atom. The molecule has 31 heavy (non-hydrogen) atoms. The van der Waals surface area contributed by atoms with Gasteiger partial charge in [-0.1, -0.05) is 0 Å². The number of aliphatic hydroxyl groups excluding tert-OH is 1. The van der Waals surface area contributed by atoms with E-state index >= 15 is 0 Å². The molecule has 5 N–H and O–H groups in total. The van der Waals surface area contributed by atoms with Crippen LogP contribution in [0.2, 0.25) is 0 Å². The molecule has 0 atom stereocenters. The van der Waals surface area contributed by atoms with Gasteiger partial charge in [-0.3, -0.25) is 4.79 Å². The summed E-state index contributed by atoms with van der Waals surface area (Å²) in [6.07, 6.45) is 3.05. The van der Waals surface area contributed by atoms with E-state index in [1.165, 1.54) is 6.33 Å². The molecule has 0 bridgehead atoms. The smallest absolute Gasteiger partial charge is 0.292 e. The summed E-state index contributed by atoms with van der Waals surface area (Å²) in [5.74, 6) is 0.320. The quantitative estimate of drug-likeness (QED) is 0.440. The zero-order valence-corrected chi connectivity index (χ0v) is 16.7. The monoisotopic (exact) mass is 422 g/mol. The molecule has 1 aromatic carbocycles. The number of nitrogen functional groups attached to an aromatic ring is 2. The lowest BCUT2D eigenvalue weighted by Crippen LogP contribution is -2.39. The fourth-order valence-electron chi connectivity index (χ4n) is 4.16. The number of nitrogens with zero attached hydrogens (tertiary/aromatic N) is 6. The van der Waals surface area contributed by atoms with Crippen molar-refractivity contribution < 1.29 is 14.3 Å². The molecule has 0 radical (unpaired) electrons. The number of aromatic nitrogens is 5. The molecule has 0 unspecified atom stereocenters. The average Bonchev–Trinajstić information content (AvgIpc) is 3.34. The zero-order chi connectivity index (χ0) is 21.5. The van der Waals surface area contributed by atoms with Crippen LogP contribution in [0.1, 0.15) is 25.3 Å². The van der Waals surface area contributed by atoms with Gasteiger partial charge in [-0.2, -0.15) is 10.1 Å². The van der Waals surface area contributed by atoms with Crippen molar-refractivity contribution in [3.63, 3.8) is 0 Å². The molecule has 4 heterocycles. The molecule has 11 nitrogen and oxygen atoms in total. The number of piperidine rings is 1. The number of carbonyl (C=O) groups excluding carboxylic acids is 1. The summed E-state index contributed by atoms with van der Waals surface area (Å²) in [6, 6.07) is 5.69. The lowest BCUT2D eigenvalue weighted by molar-refractivity contribution is -0.133. The highest BCUT2D eigenvalue weighted by Gasteiger charge is 2.27. The van der Waals surface area contributed by atoms with Gasteiger partial charge < -0.3 is 25.9 Å². The number of hydrogen-bond donors (Lipinski definition) is 3. The minimum Gasteiger partial charge on any atom is -0.424 e. The number of rotatable bonds is 4. The van der Waals surface area contributed by atoms with Crippen molar-refractivity contribution in [1.82, 2.24) is 29.6 Å². The van der Waals surface area contributed by atoms with Gasteiger partial charge in [-0.15, -0.1) is 0 Å². The maximum atomic E-state index is 12.1. The van der Waals surface area contributed by atoms with Crippen LogP contribution in [0, 0.1) is 0 Å². The van der Waals surface area contributed by atoms with E-state index in [0.717, 1.165) is 18.4 Å².